The lowest BCUT2D eigenvalue weighted by Crippen LogP contribution is -2.46. The van der Waals surface area contributed by atoms with Crippen LogP contribution in [0.2, 0.25) is 0 Å². The summed E-state index contributed by atoms with van der Waals surface area (Å²) < 4.78 is 9.87. The summed E-state index contributed by atoms with van der Waals surface area (Å²) in [5.74, 6) is 0.200. The van der Waals surface area contributed by atoms with Crippen molar-refractivity contribution in [3.05, 3.63) is 0 Å². The summed E-state index contributed by atoms with van der Waals surface area (Å²) >= 11 is 0. The van der Waals surface area contributed by atoms with E-state index in [2.05, 4.69) is 18.6 Å². The highest BCUT2D eigenvalue weighted by molar-refractivity contribution is 5.81. The Labute approximate surface area is 116 Å². The second-order valence-corrected chi connectivity index (χ2v) is 5.47. The molecule has 112 valence electrons. The number of ether oxygens (including phenoxy) is 2. The first kappa shape index (κ1) is 17.7. The van der Waals surface area contributed by atoms with Crippen molar-refractivity contribution in [1.29, 1.82) is 0 Å². The summed E-state index contributed by atoms with van der Waals surface area (Å²) in [4.78, 5) is 24.8. The average molecular weight is 273 g/mol. The second kappa shape index (κ2) is 8.77. The highest BCUT2D eigenvalue weighted by Gasteiger charge is 2.31. The number of amides is 1. The van der Waals surface area contributed by atoms with Gasteiger partial charge in [-0.3, -0.25) is 4.90 Å². The number of hydrogen-bond acceptors (Lipinski definition) is 4. The molecule has 5 heteroatoms. The molecule has 0 aromatic rings. The molecule has 0 N–H and O–H groups in total. The van der Waals surface area contributed by atoms with Gasteiger partial charge in [0.15, 0.2) is 0 Å². The van der Waals surface area contributed by atoms with Gasteiger partial charge in [0.1, 0.15) is 6.04 Å². The van der Waals surface area contributed by atoms with Crippen LogP contribution in [0.5, 0.6) is 0 Å². The summed E-state index contributed by atoms with van der Waals surface area (Å²) in [7, 11) is 2.84. The van der Waals surface area contributed by atoms with Gasteiger partial charge in [-0.05, 0) is 24.7 Å². The van der Waals surface area contributed by atoms with Crippen molar-refractivity contribution in [1.82, 2.24) is 4.90 Å². The van der Waals surface area contributed by atoms with Crippen molar-refractivity contribution in [3.8, 4) is 0 Å². The topological polar surface area (TPSA) is 55.8 Å². The first-order chi connectivity index (χ1) is 8.81. The Bertz CT molecular complexity index is 289. The van der Waals surface area contributed by atoms with E-state index in [4.69, 9.17) is 4.74 Å². The van der Waals surface area contributed by atoms with Crippen LogP contribution in [0.4, 0.5) is 4.79 Å². The molecule has 0 aliphatic rings. The first-order valence-electron chi connectivity index (χ1n) is 6.78. The van der Waals surface area contributed by atoms with Gasteiger partial charge >= 0.3 is 12.1 Å². The van der Waals surface area contributed by atoms with Crippen LogP contribution in [0.3, 0.4) is 0 Å². The zero-order valence-electron chi connectivity index (χ0n) is 12.9. The zero-order valence-corrected chi connectivity index (χ0v) is 12.9. The summed E-state index contributed by atoms with van der Waals surface area (Å²) in [5, 5.41) is 0. The molecule has 0 aliphatic heterocycles. The van der Waals surface area contributed by atoms with Crippen LogP contribution >= 0.6 is 0 Å². The fourth-order valence-electron chi connectivity index (χ4n) is 1.88. The maximum absolute atomic E-state index is 12.0. The van der Waals surface area contributed by atoms with Gasteiger partial charge in [-0.15, -0.1) is 0 Å². The summed E-state index contributed by atoms with van der Waals surface area (Å²) in [6.07, 6.45) is 1.33. The van der Waals surface area contributed by atoms with E-state index in [0.717, 1.165) is 12.8 Å². The van der Waals surface area contributed by atoms with Gasteiger partial charge in [-0.2, -0.15) is 0 Å². The summed E-state index contributed by atoms with van der Waals surface area (Å²) in [6.45, 7) is 8.40. The molecule has 1 atom stereocenters. The molecule has 0 radical (unpaired) electrons. The smallest absolute Gasteiger partial charge is 0.409 e. The quantitative estimate of drug-likeness (QED) is 0.528. The molecule has 1 amide bonds. The minimum Gasteiger partial charge on any atom is -0.464 e. The molecule has 0 saturated carbocycles. The largest absolute Gasteiger partial charge is 0.464 e. The molecule has 1 unspecified atom stereocenters. The third-order valence-electron chi connectivity index (χ3n) is 2.92. The maximum Gasteiger partial charge on any atom is 0.409 e. The zero-order chi connectivity index (χ0) is 15.0. The third kappa shape index (κ3) is 6.45. The number of esters is 1. The molecule has 5 nitrogen and oxygen atoms in total. The second-order valence-electron chi connectivity index (χ2n) is 5.47. The van der Waals surface area contributed by atoms with Crippen LogP contribution in [0.1, 0.15) is 40.5 Å². The number of carbonyl (C=O) groups is 2. The molecule has 0 saturated heterocycles. The van der Waals surface area contributed by atoms with Crippen LogP contribution in [-0.4, -0.2) is 43.8 Å². The SMILES string of the molecule is COC(=O)N(C)C(C(=O)OCCCC(C)C)C(C)C. The van der Waals surface area contributed by atoms with E-state index >= 15 is 0 Å². The van der Waals surface area contributed by atoms with Crippen LogP contribution in [-0.2, 0) is 14.3 Å². The summed E-state index contributed by atoms with van der Waals surface area (Å²) in [6, 6.07) is -0.605. The lowest BCUT2D eigenvalue weighted by molar-refractivity contribution is -0.150. The van der Waals surface area contributed by atoms with Crippen molar-refractivity contribution in [2.45, 2.75) is 46.6 Å². The standard InChI is InChI=1S/C14H27NO4/c1-10(2)8-7-9-19-13(16)12(11(3)4)15(5)14(17)18-6/h10-12H,7-9H2,1-6H3. The number of nitrogens with zero attached hydrogens (tertiary/aromatic N) is 1. The number of carbonyl (C=O) groups excluding carboxylic acids is 2. The Kier molecular flexibility index (Phi) is 8.19. The first-order valence-corrected chi connectivity index (χ1v) is 6.78. The van der Waals surface area contributed by atoms with Gasteiger partial charge in [0.25, 0.3) is 0 Å². The lowest BCUT2D eigenvalue weighted by Gasteiger charge is -2.28. The molecule has 0 aliphatic carbocycles. The number of methoxy groups -OCH3 is 1. The molecule has 0 heterocycles. The van der Waals surface area contributed by atoms with E-state index in [0.29, 0.717) is 12.5 Å². The summed E-state index contributed by atoms with van der Waals surface area (Å²) in [5.41, 5.74) is 0. The van der Waals surface area contributed by atoms with E-state index in [1.165, 1.54) is 12.0 Å². The Morgan fingerprint density at radius 2 is 1.74 bits per heavy atom. The van der Waals surface area contributed by atoms with Crippen molar-refractivity contribution < 1.29 is 19.1 Å². The highest BCUT2D eigenvalue weighted by Crippen LogP contribution is 2.13. The lowest BCUT2D eigenvalue weighted by atomic mass is 10.0. The Balaban J connectivity index is 4.38. The van der Waals surface area contributed by atoms with Gasteiger partial charge in [0.2, 0.25) is 0 Å². The minimum atomic E-state index is -0.605. The molecular formula is C14H27NO4. The number of rotatable bonds is 7. The fraction of sp³-hybridized carbons (Fsp3) is 0.857. The average Bonchev–Trinajstić information content (AvgIpc) is 2.32. The van der Waals surface area contributed by atoms with Crippen LogP contribution in [0, 0.1) is 11.8 Å². The van der Waals surface area contributed by atoms with E-state index in [-0.39, 0.29) is 11.9 Å². The number of hydrogen-bond donors (Lipinski definition) is 0. The molecular weight excluding hydrogens is 246 g/mol. The van der Waals surface area contributed by atoms with Gasteiger partial charge < -0.3 is 9.47 Å². The van der Waals surface area contributed by atoms with E-state index in [9.17, 15) is 9.59 Å². The van der Waals surface area contributed by atoms with Gasteiger partial charge in [-0.25, -0.2) is 9.59 Å². The van der Waals surface area contributed by atoms with Crippen molar-refractivity contribution in [2.24, 2.45) is 11.8 Å². The van der Waals surface area contributed by atoms with Gasteiger partial charge in [0, 0.05) is 7.05 Å². The fourth-order valence-corrected chi connectivity index (χ4v) is 1.88. The highest BCUT2D eigenvalue weighted by atomic mass is 16.6. The number of likely N-dealkylation sites (N-methyl/N-ethyl adjacent to an activating group) is 1. The molecule has 0 aromatic heterocycles. The van der Waals surface area contributed by atoms with Gasteiger partial charge in [0.05, 0.1) is 13.7 Å². The van der Waals surface area contributed by atoms with Crippen molar-refractivity contribution in [2.75, 3.05) is 20.8 Å². The van der Waals surface area contributed by atoms with Crippen LogP contribution in [0.25, 0.3) is 0 Å². The Morgan fingerprint density at radius 1 is 1.16 bits per heavy atom. The van der Waals surface area contributed by atoms with Crippen molar-refractivity contribution >= 4 is 12.1 Å². The van der Waals surface area contributed by atoms with Crippen molar-refractivity contribution in [3.63, 3.8) is 0 Å². The van der Waals surface area contributed by atoms with Crippen LogP contribution < -0.4 is 0 Å². The predicted octanol–water partition coefficient (Wildman–Crippen LogP) is 2.69. The van der Waals surface area contributed by atoms with Crippen LogP contribution in [0.15, 0.2) is 0 Å². The third-order valence-corrected chi connectivity index (χ3v) is 2.92. The molecule has 0 fully saturated rings. The van der Waals surface area contributed by atoms with E-state index < -0.39 is 12.1 Å². The predicted molar refractivity (Wildman–Crippen MR) is 73.8 cm³/mol. The maximum atomic E-state index is 12.0. The minimum absolute atomic E-state index is 0.0262. The normalized spacial score (nSPS) is 12.4. The molecule has 0 aromatic carbocycles. The Hall–Kier alpha value is -1.26. The molecule has 0 rings (SSSR count). The molecule has 19 heavy (non-hydrogen) atoms. The van der Waals surface area contributed by atoms with E-state index in [1.807, 2.05) is 13.8 Å². The Morgan fingerprint density at radius 3 is 2.16 bits per heavy atom. The molecule has 0 spiro atoms. The van der Waals surface area contributed by atoms with Gasteiger partial charge in [-0.1, -0.05) is 27.7 Å². The molecule has 0 bridgehead atoms. The van der Waals surface area contributed by atoms with E-state index in [1.54, 1.807) is 7.05 Å². The monoisotopic (exact) mass is 273 g/mol.